The maximum absolute atomic E-state index is 13.1. The van der Waals surface area contributed by atoms with Crippen molar-refractivity contribution < 1.29 is 40.7 Å². The van der Waals surface area contributed by atoms with Gasteiger partial charge in [-0.1, -0.05) is 6.92 Å². The highest BCUT2D eigenvalue weighted by molar-refractivity contribution is 5.92. The van der Waals surface area contributed by atoms with Gasteiger partial charge in [-0.15, -0.1) is 0 Å². The van der Waals surface area contributed by atoms with Crippen LogP contribution in [0.4, 0.5) is 36.8 Å². The van der Waals surface area contributed by atoms with E-state index < -0.39 is 47.6 Å². The summed E-state index contributed by atoms with van der Waals surface area (Å²) in [5.74, 6) is -0.461. The number of methoxy groups -OCH3 is 1. The number of hydrogen-bond acceptors (Lipinski definition) is 3. The number of ether oxygens (including phenoxy) is 1. The van der Waals surface area contributed by atoms with Crippen LogP contribution in [0.15, 0.2) is 36.5 Å². The number of carbonyl (C=O) groups is 2. The number of alkyl halides is 6. The summed E-state index contributed by atoms with van der Waals surface area (Å²) >= 11 is 0. The van der Waals surface area contributed by atoms with E-state index in [1.165, 1.54) is 12.0 Å². The van der Waals surface area contributed by atoms with Gasteiger partial charge < -0.3 is 24.4 Å². The lowest BCUT2D eigenvalue weighted by Crippen LogP contribution is -2.45. The first-order chi connectivity index (χ1) is 16.8. The minimum atomic E-state index is -5.06. The zero-order valence-corrected chi connectivity index (χ0v) is 20.0. The standard InChI is InChI=1S/C23H28F6N4O3/c1-4-7-33(15-20(34)32(9-10-36-3)14-19-6-5-8-31(19)2)21(35)30-18-12-16(22(24,25)26)11-17(13-18)23(27,28)29/h5-6,8,11-13H,4,7,9-10,14-15H2,1-3H3,(H,30,35). The number of carbonyl (C=O) groups excluding carboxylic acids is 2. The summed E-state index contributed by atoms with van der Waals surface area (Å²) in [5.41, 5.74) is -2.98. The predicted octanol–water partition coefficient (Wildman–Crippen LogP) is 4.98. The van der Waals surface area contributed by atoms with E-state index in [0.717, 1.165) is 10.6 Å². The fourth-order valence-corrected chi connectivity index (χ4v) is 3.36. The topological polar surface area (TPSA) is 66.8 Å². The fourth-order valence-electron chi connectivity index (χ4n) is 3.36. The van der Waals surface area contributed by atoms with Crippen LogP contribution in [0.5, 0.6) is 0 Å². The van der Waals surface area contributed by atoms with Gasteiger partial charge >= 0.3 is 18.4 Å². The maximum atomic E-state index is 13.1. The molecular formula is C23H28F6N4O3. The number of amides is 3. The average molecular weight is 522 g/mol. The van der Waals surface area contributed by atoms with Crippen molar-refractivity contribution in [1.29, 1.82) is 0 Å². The van der Waals surface area contributed by atoms with Crippen LogP contribution in [0, 0.1) is 0 Å². The molecule has 7 nitrogen and oxygen atoms in total. The fraction of sp³-hybridized carbons (Fsp3) is 0.478. The van der Waals surface area contributed by atoms with Crippen molar-refractivity contribution in [3.63, 3.8) is 0 Å². The molecule has 2 rings (SSSR count). The molecule has 0 bridgehead atoms. The second kappa shape index (κ2) is 12.2. The number of rotatable bonds is 10. The highest BCUT2D eigenvalue weighted by Crippen LogP contribution is 2.37. The van der Waals surface area contributed by atoms with E-state index in [1.54, 1.807) is 26.2 Å². The number of hydrogen-bond donors (Lipinski definition) is 1. The third-order valence-electron chi connectivity index (χ3n) is 5.27. The molecule has 0 spiro atoms. The molecule has 0 aliphatic carbocycles. The van der Waals surface area contributed by atoms with E-state index in [-0.39, 0.29) is 32.3 Å². The Morgan fingerprint density at radius 1 is 1.00 bits per heavy atom. The van der Waals surface area contributed by atoms with Crippen LogP contribution in [0.2, 0.25) is 0 Å². The highest BCUT2D eigenvalue weighted by Gasteiger charge is 2.37. The molecule has 200 valence electrons. The molecule has 13 heteroatoms. The number of benzene rings is 1. The van der Waals surface area contributed by atoms with Crippen LogP contribution < -0.4 is 5.32 Å². The van der Waals surface area contributed by atoms with Gasteiger partial charge in [0.15, 0.2) is 0 Å². The molecule has 0 unspecified atom stereocenters. The molecule has 1 aromatic carbocycles. The summed E-state index contributed by atoms with van der Waals surface area (Å²) < 4.78 is 85.7. The Kier molecular flexibility index (Phi) is 9.79. The molecule has 0 atom stereocenters. The predicted molar refractivity (Wildman–Crippen MR) is 120 cm³/mol. The Labute approximate surface area is 204 Å². The first-order valence-corrected chi connectivity index (χ1v) is 11.0. The normalized spacial score (nSPS) is 11.9. The lowest BCUT2D eigenvalue weighted by atomic mass is 10.1. The monoisotopic (exact) mass is 522 g/mol. The summed E-state index contributed by atoms with van der Waals surface area (Å²) in [6, 6.07) is 3.42. The molecule has 0 saturated heterocycles. The molecule has 0 saturated carbocycles. The van der Waals surface area contributed by atoms with Crippen LogP contribution >= 0.6 is 0 Å². The number of halogens is 6. The minimum Gasteiger partial charge on any atom is -0.383 e. The second-order valence-corrected chi connectivity index (χ2v) is 8.06. The Morgan fingerprint density at radius 2 is 1.61 bits per heavy atom. The van der Waals surface area contributed by atoms with Crippen LogP contribution in [-0.2, 0) is 35.5 Å². The van der Waals surface area contributed by atoms with Crippen molar-refractivity contribution in [1.82, 2.24) is 14.4 Å². The quantitative estimate of drug-likeness (QED) is 0.448. The van der Waals surface area contributed by atoms with Crippen molar-refractivity contribution in [2.75, 3.05) is 38.7 Å². The zero-order valence-electron chi connectivity index (χ0n) is 20.0. The summed E-state index contributed by atoms with van der Waals surface area (Å²) in [7, 11) is 3.27. The van der Waals surface area contributed by atoms with Crippen molar-refractivity contribution in [3.8, 4) is 0 Å². The number of aromatic nitrogens is 1. The van der Waals surface area contributed by atoms with Gasteiger partial charge in [-0.25, -0.2) is 4.79 Å². The maximum Gasteiger partial charge on any atom is 0.416 e. The SMILES string of the molecule is CCCN(CC(=O)N(CCOC)Cc1cccn1C)C(=O)Nc1cc(C(F)(F)F)cc(C(F)(F)F)c1. The van der Waals surface area contributed by atoms with Gasteiger partial charge in [0, 0.05) is 44.8 Å². The number of nitrogens with one attached hydrogen (secondary N) is 1. The Hall–Kier alpha value is -3.22. The van der Waals surface area contributed by atoms with Crippen molar-refractivity contribution in [2.24, 2.45) is 7.05 Å². The number of aryl methyl sites for hydroxylation is 1. The number of nitrogens with zero attached hydrogens (tertiary/aromatic N) is 3. The van der Waals surface area contributed by atoms with Gasteiger partial charge in [-0.3, -0.25) is 4.79 Å². The largest absolute Gasteiger partial charge is 0.416 e. The second-order valence-electron chi connectivity index (χ2n) is 8.06. The molecule has 2 aromatic rings. The van der Waals surface area contributed by atoms with Crippen molar-refractivity contribution in [3.05, 3.63) is 53.3 Å². The first-order valence-electron chi connectivity index (χ1n) is 11.0. The van der Waals surface area contributed by atoms with E-state index in [0.29, 0.717) is 18.6 Å². The van der Waals surface area contributed by atoms with E-state index in [1.807, 2.05) is 10.6 Å². The van der Waals surface area contributed by atoms with Gasteiger partial charge in [0.2, 0.25) is 5.91 Å². The Bertz CT molecular complexity index is 1000. The molecule has 1 aromatic heterocycles. The summed E-state index contributed by atoms with van der Waals surface area (Å²) in [5, 5.41) is 2.08. The van der Waals surface area contributed by atoms with Crippen molar-refractivity contribution >= 4 is 17.6 Å². The smallest absolute Gasteiger partial charge is 0.383 e. The van der Waals surface area contributed by atoms with Gasteiger partial charge in [0.05, 0.1) is 24.3 Å². The van der Waals surface area contributed by atoms with Crippen LogP contribution in [0.1, 0.15) is 30.2 Å². The lowest BCUT2D eigenvalue weighted by Gasteiger charge is -2.28. The first kappa shape index (κ1) is 29.0. The van der Waals surface area contributed by atoms with Gasteiger partial charge in [0.1, 0.15) is 6.54 Å². The molecule has 0 radical (unpaired) electrons. The minimum absolute atomic E-state index is 0.0275. The number of anilines is 1. The Balaban J connectivity index is 2.25. The molecular weight excluding hydrogens is 494 g/mol. The number of urea groups is 1. The molecule has 0 aliphatic rings. The summed E-state index contributed by atoms with van der Waals surface area (Å²) in [4.78, 5) is 28.4. The van der Waals surface area contributed by atoms with E-state index in [2.05, 4.69) is 5.32 Å². The van der Waals surface area contributed by atoms with Crippen LogP contribution in [0.3, 0.4) is 0 Å². The third kappa shape index (κ3) is 8.18. The molecule has 36 heavy (non-hydrogen) atoms. The lowest BCUT2D eigenvalue weighted by molar-refractivity contribution is -0.143. The Morgan fingerprint density at radius 3 is 2.08 bits per heavy atom. The summed E-state index contributed by atoms with van der Waals surface area (Å²) in [6.07, 6.45) is -7.92. The van der Waals surface area contributed by atoms with Gasteiger partial charge in [-0.05, 0) is 36.8 Å². The highest BCUT2D eigenvalue weighted by atomic mass is 19.4. The molecule has 1 N–H and O–H groups in total. The van der Waals surface area contributed by atoms with Gasteiger partial charge in [0.25, 0.3) is 0 Å². The summed E-state index contributed by atoms with van der Waals surface area (Å²) in [6.45, 7) is 1.98. The third-order valence-corrected chi connectivity index (χ3v) is 5.27. The zero-order chi connectivity index (χ0) is 27.1. The van der Waals surface area contributed by atoms with Gasteiger partial charge in [-0.2, -0.15) is 26.3 Å². The van der Waals surface area contributed by atoms with E-state index in [9.17, 15) is 35.9 Å². The molecule has 0 aliphatic heterocycles. The molecule has 0 fully saturated rings. The van der Waals surface area contributed by atoms with E-state index >= 15 is 0 Å². The average Bonchev–Trinajstić information content (AvgIpc) is 3.19. The molecule has 3 amide bonds. The van der Waals surface area contributed by atoms with Crippen LogP contribution in [-0.4, -0.2) is 59.7 Å². The van der Waals surface area contributed by atoms with Crippen LogP contribution in [0.25, 0.3) is 0 Å². The van der Waals surface area contributed by atoms with E-state index in [4.69, 9.17) is 4.74 Å². The molecule has 1 heterocycles. The van der Waals surface area contributed by atoms with Crippen molar-refractivity contribution in [2.45, 2.75) is 32.2 Å².